The third-order valence-corrected chi connectivity index (χ3v) is 10.5. The molecule has 0 aromatic heterocycles. The second-order valence-corrected chi connectivity index (χ2v) is 14.3. The number of amides is 2. The number of sulfonamides is 1. The molecule has 0 aliphatic heterocycles. The zero-order chi connectivity index (χ0) is 32.7. The lowest BCUT2D eigenvalue weighted by atomic mass is 10.0. The van der Waals surface area contributed by atoms with Gasteiger partial charge in [0.15, 0.2) is 0 Å². The zero-order valence-corrected chi connectivity index (χ0v) is 27.8. The van der Waals surface area contributed by atoms with Crippen LogP contribution in [0.5, 0.6) is 0 Å². The van der Waals surface area contributed by atoms with Gasteiger partial charge in [-0.25, -0.2) is 8.42 Å². The van der Waals surface area contributed by atoms with Gasteiger partial charge in [-0.1, -0.05) is 103 Å². The van der Waals surface area contributed by atoms with Crippen molar-refractivity contribution < 1.29 is 18.0 Å². The molecule has 240 valence electrons. The fourth-order valence-electron chi connectivity index (χ4n) is 6.03. The van der Waals surface area contributed by atoms with E-state index in [1.807, 2.05) is 68.4 Å². The van der Waals surface area contributed by atoms with Crippen molar-refractivity contribution in [2.24, 2.45) is 0 Å². The molecular formula is C37H40ClN3O4S. The molecular weight excluding hydrogens is 618 g/mol. The number of anilines is 1. The SMILES string of the molecule is Cc1ccc(N(CC(=O)N(Cc2ccc(Cl)cc2)[C@H](Cc2ccccc2)C(=O)NC2CCCC2)S(=O)(=O)c2ccccc2)c(C)c1. The molecule has 0 heterocycles. The van der Waals surface area contributed by atoms with Crippen LogP contribution in [-0.4, -0.2) is 43.8 Å². The van der Waals surface area contributed by atoms with Crippen LogP contribution < -0.4 is 9.62 Å². The summed E-state index contributed by atoms with van der Waals surface area (Å²) in [6.07, 6.45) is 4.15. The summed E-state index contributed by atoms with van der Waals surface area (Å²) in [6.45, 7) is 3.37. The van der Waals surface area contributed by atoms with Gasteiger partial charge in [-0.15, -0.1) is 0 Å². The summed E-state index contributed by atoms with van der Waals surface area (Å²) in [6, 6.07) is 29.4. The molecule has 0 saturated heterocycles. The van der Waals surface area contributed by atoms with E-state index in [1.165, 1.54) is 21.3 Å². The maximum absolute atomic E-state index is 14.6. The summed E-state index contributed by atoms with van der Waals surface area (Å²) in [7, 11) is -4.15. The van der Waals surface area contributed by atoms with Crippen molar-refractivity contribution in [2.45, 2.75) is 69.5 Å². The minimum Gasteiger partial charge on any atom is -0.352 e. The van der Waals surface area contributed by atoms with E-state index in [0.29, 0.717) is 10.7 Å². The lowest BCUT2D eigenvalue weighted by Gasteiger charge is -2.34. The predicted octanol–water partition coefficient (Wildman–Crippen LogP) is 6.85. The maximum atomic E-state index is 14.6. The first-order valence-corrected chi connectivity index (χ1v) is 17.5. The Labute approximate surface area is 277 Å². The maximum Gasteiger partial charge on any atom is 0.264 e. The summed E-state index contributed by atoms with van der Waals surface area (Å²) in [4.78, 5) is 30.3. The van der Waals surface area contributed by atoms with Crippen molar-refractivity contribution in [3.8, 4) is 0 Å². The van der Waals surface area contributed by atoms with Crippen LogP contribution in [0.3, 0.4) is 0 Å². The first-order chi connectivity index (χ1) is 22.1. The third-order valence-electron chi connectivity index (χ3n) is 8.47. The van der Waals surface area contributed by atoms with Crippen LogP contribution in [0.2, 0.25) is 5.02 Å². The molecule has 1 fully saturated rings. The molecule has 1 N–H and O–H groups in total. The number of carbonyl (C=O) groups excluding carboxylic acids is 2. The van der Waals surface area contributed by atoms with E-state index in [4.69, 9.17) is 11.6 Å². The second kappa shape index (κ2) is 15.0. The van der Waals surface area contributed by atoms with Gasteiger partial charge >= 0.3 is 0 Å². The predicted molar refractivity (Wildman–Crippen MR) is 183 cm³/mol. The molecule has 1 saturated carbocycles. The van der Waals surface area contributed by atoms with Crippen molar-refractivity contribution >= 4 is 39.1 Å². The number of hydrogen-bond acceptors (Lipinski definition) is 4. The normalized spacial score (nSPS) is 14.1. The molecule has 0 radical (unpaired) electrons. The number of nitrogens with zero attached hydrogens (tertiary/aromatic N) is 2. The summed E-state index contributed by atoms with van der Waals surface area (Å²) in [5.41, 5.74) is 3.76. The fourth-order valence-corrected chi connectivity index (χ4v) is 7.65. The van der Waals surface area contributed by atoms with Crippen LogP contribution in [0.15, 0.2) is 108 Å². The Hall–Kier alpha value is -4.14. The van der Waals surface area contributed by atoms with E-state index >= 15 is 0 Å². The molecule has 0 spiro atoms. The molecule has 4 aromatic rings. The summed E-state index contributed by atoms with van der Waals surface area (Å²) >= 11 is 6.18. The van der Waals surface area contributed by atoms with Crippen LogP contribution in [0, 0.1) is 13.8 Å². The minimum atomic E-state index is -4.15. The summed E-state index contributed by atoms with van der Waals surface area (Å²) in [5, 5.41) is 3.75. The van der Waals surface area contributed by atoms with Gasteiger partial charge in [0.2, 0.25) is 11.8 Å². The average molecular weight is 658 g/mol. The van der Waals surface area contributed by atoms with Crippen molar-refractivity contribution in [2.75, 3.05) is 10.8 Å². The number of nitrogens with one attached hydrogen (secondary N) is 1. The van der Waals surface area contributed by atoms with E-state index in [2.05, 4.69) is 5.32 Å². The molecule has 1 atom stereocenters. The number of hydrogen-bond donors (Lipinski definition) is 1. The Balaban J connectivity index is 1.57. The Bertz CT molecular complexity index is 1740. The topological polar surface area (TPSA) is 86.8 Å². The lowest BCUT2D eigenvalue weighted by Crippen LogP contribution is -2.54. The molecule has 7 nitrogen and oxygen atoms in total. The first kappa shape index (κ1) is 33.2. The highest BCUT2D eigenvalue weighted by atomic mass is 35.5. The van der Waals surface area contributed by atoms with Crippen LogP contribution in [0.4, 0.5) is 5.69 Å². The zero-order valence-electron chi connectivity index (χ0n) is 26.2. The van der Waals surface area contributed by atoms with Gasteiger partial charge in [0.1, 0.15) is 12.6 Å². The highest BCUT2D eigenvalue weighted by Gasteiger charge is 2.36. The van der Waals surface area contributed by atoms with Crippen LogP contribution in [-0.2, 0) is 32.6 Å². The molecule has 46 heavy (non-hydrogen) atoms. The molecule has 4 aromatic carbocycles. The first-order valence-electron chi connectivity index (χ1n) is 15.6. The molecule has 2 amide bonds. The van der Waals surface area contributed by atoms with Gasteiger partial charge in [0.05, 0.1) is 10.6 Å². The second-order valence-electron chi connectivity index (χ2n) is 12.0. The Morgan fingerprint density at radius 2 is 1.48 bits per heavy atom. The van der Waals surface area contributed by atoms with Gasteiger partial charge in [-0.05, 0) is 73.7 Å². The van der Waals surface area contributed by atoms with E-state index in [9.17, 15) is 18.0 Å². The van der Waals surface area contributed by atoms with Gasteiger partial charge in [-0.2, -0.15) is 0 Å². The van der Waals surface area contributed by atoms with E-state index in [1.54, 1.807) is 36.4 Å². The lowest BCUT2D eigenvalue weighted by molar-refractivity contribution is -0.140. The number of rotatable bonds is 12. The number of halogens is 1. The van der Waals surface area contributed by atoms with Crippen LogP contribution in [0.25, 0.3) is 0 Å². The smallest absolute Gasteiger partial charge is 0.264 e. The average Bonchev–Trinajstić information content (AvgIpc) is 3.56. The monoisotopic (exact) mass is 657 g/mol. The van der Waals surface area contributed by atoms with Gasteiger partial charge in [0, 0.05) is 24.0 Å². The Morgan fingerprint density at radius 3 is 2.11 bits per heavy atom. The Morgan fingerprint density at radius 1 is 0.848 bits per heavy atom. The number of benzene rings is 4. The van der Waals surface area contributed by atoms with Gasteiger partial charge in [0.25, 0.3) is 10.0 Å². The van der Waals surface area contributed by atoms with Gasteiger partial charge in [-0.3, -0.25) is 13.9 Å². The van der Waals surface area contributed by atoms with E-state index < -0.39 is 28.5 Å². The van der Waals surface area contributed by atoms with E-state index in [0.717, 1.165) is 47.9 Å². The molecule has 9 heteroatoms. The highest BCUT2D eigenvalue weighted by molar-refractivity contribution is 7.92. The quantitative estimate of drug-likeness (QED) is 0.181. The number of aryl methyl sites for hydroxylation is 2. The number of carbonyl (C=O) groups is 2. The van der Waals surface area contributed by atoms with Crippen molar-refractivity contribution in [1.82, 2.24) is 10.2 Å². The minimum absolute atomic E-state index is 0.0448. The third kappa shape index (κ3) is 8.17. The highest BCUT2D eigenvalue weighted by Crippen LogP contribution is 2.29. The van der Waals surface area contributed by atoms with E-state index in [-0.39, 0.29) is 29.8 Å². The van der Waals surface area contributed by atoms with Crippen molar-refractivity contribution in [3.05, 3.63) is 130 Å². The molecule has 1 aliphatic carbocycles. The Kier molecular flexibility index (Phi) is 10.8. The molecule has 1 aliphatic rings. The van der Waals surface area contributed by atoms with Crippen molar-refractivity contribution in [1.29, 1.82) is 0 Å². The van der Waals surface area contributed by atoms with Crippen molar-refractivity contribution in [3.63, 3.8) is 0 Å². The standard InChI is InChI=1S/C37H40ClN3O4S/c1-27-17-22-34(28(2)23-27)41(46(44,45)33-15-7-4-8-16-33)26-36(42)40(25-30-18-20-31(38)21-19-30)35(24-29-11-5-3-6-12-29)37(43)39-32-13-9-10-14-32/h3-8,11-12,15-23,32,35H,9-10,13-14,24-26H2,1-2H3,(H,39,43)/t35-/m1/s1. The molecule has 0 unspecified atom stereocenters. The van der Waals surface area contributed by atoms with Gasteiger partial charge < -0.3 is 10.2 Å². The van der Waals surface area contributed by atoms with Crippen LogP contribution >= 0.6 is 11.6 Å². The summed E-state index contributed by atoms with van der Waals surface area (Å²) < 4.78 is 29.6. The fraction of sp³-hybridized carbons (Fsp3) is 0.297. The summed E-state index contributed by atoms with van der Waals surface area (Å²) in [5.74, 6) is -0.737. The molecule has 0 bridgehead atoms. The molecule has 5 rings (SSSR count). The largest absolute Gasteiger partial charge is 0.352 e. The van der Waals surface area contributed by atoms with Crippen LogP contribution in [0.1, 0.15) is 47.9 Å².